The number of benzene rings is 2. The molecule has 200 valence electrons. The van der Waals surface area contributed by atoms with E-state index in [2.05, 4.69) is 37.6 Å². The van der Waals surface area contributed by atoms with Gasteiger partial charge in [0.1, 0.15) is 5.82 Å². The van der Waals surface area contributed by atoms with Gasteiger partial charge >= 0.3 is 0 Å². The summed E-state index contributed by atoms with van der Waals surface area (Å²) in [6.07, 6.45) is 1.02. The fourth-order valence-electron chi connectivity index (χ4n) is 4.94. The summed E-state index contributed by atoms with van der Waals surface area (Å²) in [7, 11) is -3.64. The van der Waals surface area contributed by atoms with Crippen molar-refractivity contribution in [2.24, 2.45) is 11.8 Å². The molecule has 0 saturated carbocycles. The molecule has 1 aliphatic heterocycles. The van der Waals surface area contributed by atoms with E-state index in [0.717, 1.165) is 19.5 Å². The quantitative estimate of drug-likeness (QED) is 0.374. The molecule has 0 spiro atoms. The number of anilines is 1. The van der Waals surface area contributed by atoms with Crippen LogP contribution in [0.15, 0.2) is 47.4 Å². The number of likely N-dealkylation sites (N-methyl/N-ethyl adjacent to an activating group) is 1. The predicted octanol–water partition coefficient (Wildman–Crippen LogP) is 5.09. The van der Waals surface area contributed by atoms with Crippen LogP contribution in [0.25, 0.3) is 10.2 Å². The fourth-order valence-corrected chi connectivity index (χ4v) is 7.64. The zero-order valence-electron chi connectivity index (χ0n) is 21.9. The molecular formula is C27H35FN4O3S2. The second kappa shape index (κ2) is 11.6. The van der Waals surface area contributed by atoms with Crippen molar-refractivity contribution in [3.63, 3.8) is 0 Å². The third kappa shape index (κ3) is 6.19. The average molecular weight is 547 g/mol. The summed E-state index contributed by atoms with van der Waals surface area (Å²) in [5.74, 6) is -0.00379. The molecule has 37 heavy (non-hydrogen) atoms. The lowest BCUT2D eigenvalue weighted by atomic mass is 9.94. The molecule has 1 aliphatic rings. The molecule has 4 rings (SSSR count). The molecule has 2 unspecified atom stereocenters. The molecule has 1 saturated heterocycles. The summed E-state index contributed by atoms with van der Waals surface area (Å²) >= 11 is 1.27. The van der Waals surface area contributed by atoms with E-state index < -0.39 is 10.0 Å². The SMILES string of the molecule is CCN(CC)CCN(C(=O)c1ccc(S(=O)(=O)N2CC(C)CC(C)C2)cc1)c1nc2ccc(F)cc2s1. The highest BCUT2D eigenvalue weighted by molar-refractivity contribution is 7.89. The molecule has 3 aromatic rings. The van der Waals surface area contributed by atoms with E-state index in [1.807, 2.05) is 0 Å². The Hall–Kier alpha value is -2.40. The molecule has 2 atom stereocenters. The Morgan fingerprint density at radius 2 is 1.70 bits per heavy atom. The van der Waals surface area contributed by atoms with Crippen molar-refractivity contribution < 1.29 is 17.6 Å². The van der Waals surface area contributed by atoms with Crippen LogP contribution < -0.4 is 4.90 Å². The Labute approximate surface area is 223 Å². The normalized spacial score (nSPS) is 19.0. The minimum atomic E-state index is -3.64. The third-order valence-electron chi connectivity index (χ3n) is 6.92. The van der Waals surface area contributed by atoms with E-state index >= 15 is 0 Å². The van der Waals surface area contributed by atoms with Gasteiger partial charge in [0.2, 0.25) is 10.0 Å². The topological polar surface area (TPSA) is 73.8 Å². The first-order valence-corrected chi connectivity index (χ1v) is 15.1. The van der Waals surface area contributed by atoms with Crippen LogP contribution in [0.4, 0.5) is 9.52 Å². The molecule has 1 amide bonds. The number of aromatic nitrogens is 1. The molecule has 10 heteroatoms. The number of rotatable bonds is 9. The fraction of sp³-hybridized carbons (Fsp3) is 0.481. The summed E-state index contributed by atoms with van der Waals surface area (Å²) in [4.78, 5) is 22.3. The third-order valence-corrected chi connectivity index (χ3v) is 9.81. The standard InChI is InChI=1S/C27H35FN4O3S2/c1-5-30(6-2)13-14-32(27-29-24-12-9-22(28)16-25(24)36-27)26(33)21-7-10-23(11-8-21)37(34,35)31-17-19(3)15-20(4)18-31/h7-12,16,19-20H,5-6,13-15,17-18H2,1-4H3. The van der Waals surface area contributed by atoms with Crippen molar-refractivity contribution in [1.82, 2.24) is 14.2 Å². The maximum absolute atomic E-state index is 13.8. The highest BCUT2D eigenvalue weighted by Gasteiger charge is 2.32. The van der Waals surface area contributed by atoms with E-state index in [0.29, 0.717) is 58.9 Å². The second-order valence-electron chi connectivity index (χ2n) is 9.88. The van der Waals surface area contributed by atoms with Crippen LogP contribution in [-0.2, 0) is 10.0 Å². The van der Waals surface area contributed by atoms with E-state index in [1.54, 1.807) is 27.4 Å². The monoisotopic (exact) mass is 546 g/mol. The number of halogens is 1. The largest absolute Gasteiger partial charge is 0.302 e. The highest BCUT2D eigenvalue weighted by Crippen LogP contribution is 2.31. The van der Waals surface area contributed by atoms with Gasteiger partial charge in [0, 0.05) is 31.7 Å². The lowest BCUT2D eigenvalue weighted by molar-refractivity contribution is 0.0983. The lowest BCUT2D eigenvalue weighted by Crippen LogP contribution is -2.42. The number of fused-ring (bicyclic) bond motifs is 1. The number of piperidine rings is 1. The van der Waals surface area contributed by atoms with E-state index in [9.17, 15) is 17.6 Å². The zero-order valence-corrected chi connectivity index (χ0v) is 23.5. The average Bonchev–Trinajstić information content (AvgIpc) is 3.28. The number of carbonyl (C=O) groups excluding carboxylic acids is 1. The number of hydrogen-bond donors (Lipinski definition) is 0. The van der Waals surface area contributed by atoms with Gasteiger partial charge in [-0.1, -0.05) is 39.0 Å². The van der Waals surface area contributed by atoms with Crippen LogP contribution in [0.3, 0.4) is 0 Å². The van der Waals surface area contributed by atoms with E-state index in [4.69, 9.17) is 0 Å². The molecule has 0 radical (unpaired) electrons. The second-order valence-corrected chi connectivity index (χ2v) is 12.8. The van der Waals surface area contributed by atoms with Gasteiger partial charge in [0.05, 0.1) is 15.1 Å². The predicted molar refractivity (Wildman–Crippen MR) is 147 cm³/mol. The summed E-state index contributed by atoms with van der Waals surface area (Å²) in [5, 5.41) is 0.491. The minimum Gasteiger partial charge on any atom is -0.302 e. The Morgan fingerprint density at radius 1 is 1.05 bits per heavy atom. The van der Waals surface area contributed by atoms with Crippen molar-refractivity contribution >= 4 is 42.6 Å². The molecule has 0 aliphatic carbocycles. The smallest absolute Gasteiger partial charge is 0.260 e. The summed E-state index contributed by atoms with van der Waals surface area (Å²) in [6, 6.07) is 10.6. The van der Waals surface area contributed by atoms with E-state index in [-0.39, 0.29) is 16.6 Å². The first-order chi connectivity index (χ1) is 17.6. The molecule has 0 bridgehead atoms. The van der Waals surface area contributed by atoms with Gasteiger partial charge < -0.3 is 4.90 Å². The number of hydrogen-bond acceptors (Lipinski definition) is 6. The number of nitrogens with zero attached hydrogens (tertiary/aromatic N) is 4. The summed E-state index contributed by atoms with van der Waals surface area (Å²) in [5.41, 5.74) is 1.01. The molecule has 0 N–H and O–H groups in total. The van der Waals surface area contributed by atoms with Gasteiger partial charge in [-0.25, -0.2) is 17.8 Å². The van der Waals surface area contributed by atoms with Crippen LogP contribution >= 0.6 is 11.3 Å². The van der Waals surface area contributed by atoms with Crippen molar-refractivity contribution in [3.8, 4) is 0 Å². The summed E-state index contributed by atoms with van der Waals surface area (Å²) < 4.78 is 42.5. The van der Waals surface area contributed by atoms with Gasteiger partial charge in [0.25, 0.3) is 5.91 Å². The summed E-state index contributed by atoms with van der Waals surface area (Å²) in [6.45, 7) is 12.1. The van der Waals surface area contributed by atoms with Crippen molar-refractivity contribution in [1.29, 1.82) is 0 Å². The highest BCUT2D eigenvalue weighted by atomic mass is 32.2. The van der Waals surface area contributed by atoms with Crippen LogP contribution in [0, 0.1) is 17.7 Å². The van der Waals surface area contributed by atoms with Gasteiger partial charge in [-0.15, -0.1) is 0 Å². The Morgan fingerprint density at radius 3 is 2.32 bits per heavy atom. The maximum atomic E-state index is 13.8. The molecular weight excluding hydrogens is 511 g/mol. The number of sulfonamides is 1. The van der Waals surface area contributed by atoms with Gasteiger partial charge in [-0.2, -0.15) is 4.31 Å². The van der Waals surface area contributed by atoms with Crippen LogP contribution in [0.2, 0.25) is 0 Å². The van der Waals surface area contributed by atoms with Gasteiger partial charge in [-0.3, -0.25) is 9.69 Å². The maximum Gasteiger partial charge on any atom is 0.260 e. The van der Waals surface area contributed by atoms with Crippen LogP contribution in [0.5, 0.6) is 0 Å². The first kappa shape index (κ1) is 27.6. The minimum absolute atomic E-state index is 0.190. The van der Waals surface area contributed by atoms with Gasteiger partial charge in [-0.05, 0) is 73.8 Å². The molecule has 2 heterocycles. The Kier molecular flexibility index (Phi) is 8.63. The van der Waals surface area contributed by atoms with Crippen LogP contribution in [0.1, 0.15) is 44.5 Å². The molecule has 1 fully saturated rings. The van der Waals surface area contributed by atoms with Gasteiger partial charge in [0.15, 0.2) is 5.13 Å². The molecule has 7 nitrogen and oxygen atoms in total. The van der Waals surface area contributed by atoms with Crippen LogP contribution in [-0.4, -0.2) is 67.8 Å². The van der Waals surface area contributed by atoms with Crippen molar-refractivity contribution in [3.05, 3.63) is 53.8 Å². The van der Waals surface area contributed by atoms with Crippen molar-refractivity contribution in [2.75, 3.05) is 44.2 Å². The molecule has 1 aromatic heterocycles. The number of thiazole rings is 1. The first-order valence-electron chi connectivity index (χ1n) is 12.8. The molecule has 2 aromatic carbocycles. The Bertz CT molecular complexity index is 1330. The zero-order chi connectivity index (χ0) is 26.7. The Balaban J connectivity index is 1.61. The number of amides is 1. The van der Waals surface area contributed by atoms with Crippen molar-refractivity contribution in [2.45, 2.75) is 39.0 Å². The number of carbonyl (C=O) groups is 1. The lowest BCUT2D eigenvalue weighted by Gasteiger charge is -2.34. The van der Waals surface area contributed by atoms with E-state index in [1.165, 1.54) is 35.6 Å².